The summed E-state index contributed by atoms with van der Waals surface area (Å²) in [5.41, 5.74) is 0.880. The molecule has 4 rings (SSSR count). The first kappa shape index (κ1) is 16.5. The van der Waals surface area contributed by atoms with Crippen molar-refractivity contribution in [3.8, 4) is 5.75 Å². The number of rotatable bonds is 3. The van der Waals surface area contributed by atoms with Crippen molar-refractivity contribution < 1.29 is 9.84 Å². The lowest BCUT2D eigenvalue weighted by Gasteiger charge is -2.38. The molecule has 1 saturated heterocycles. The number of ether oxygens (including phenoxy) is 1. The van der Waals surface area contributed by atoms with Crippen LogP contribution in [0.1, 0.15) is 29.2 Å². The van der Waals surface area contributed by atoms with Gasteiger partial charge in [0, 0.05) is 18.7 Å². The Morgan fingerprint density at radius 1 is 1.12 bits per heavy atom. The van der Waals surface area contributed by atoms with E-state index in [2.05, 4.69) is 17.0 Å². The van der Waals surface area contributed by atoms with Gasteiger partial charge in [0.05, 0.1) is 12.4 Å². The smallest absolute Gasteiger partial charge is 0.182 e. The van der Waals surface area contributed by atoms with Crippen LogP contribution in [0.15, 0.2) is 59.6 Å². The monoisotopic (exact) mass is 354 g/mol. The Bertz CT molecular complexity index is 763. The molecule has 25 heavy (non-hydrogen) atoms. The molecule has 0 bridgehead atoms. The Morgan fingerprint density at radius 3 is 2.60 bits per heavy atom. The van der Waals surface area contributed by atoms with E-state index in [-0.39, 0.29) is 5.25 Å². The average Bonchev–Trinajstić information content (AvgIpc) is 2.81. The second-order valence-electron chi connectivity index (χ2n) is 6.39. The molecule has 2 aliphatic heterocycles. The number of fused-ring (bicyclic) bond motifs is 1. The number of methoxy groups -OCH3 is 1. The number of hydrogen-bond donors (Lipinski definition) is 1. The molecule has 2 aliphatic rings. The van der Waals surface area contributed by atoms with E-state index in [4.69, 9.17) is 9.73 Å². The fraction of sp³-hybridized carbons (Fsp3) is 0.350. The van der Waals surface area contributed by atoms with Crippen LogP contribution < -0.4 is 4.74 Å². The van der Waals surface area contributed by atoms with E-state index in [1.54, 1.807) is 18.9 Å². The van der Waals surface area contributed by atoms with Crippen LogP contribution in [-0.2, 0) is 5.72 Å². The van der Waals surface area contributed by atoms with Gasteiger partial charge in [0.1, 0.15) is 5.75 Å². The quantitative estimate of drug-likeness (QED) is 0.911. The van der Waals surface area contributed by atoms with E-state index in [1.165, 1.54) is 0 Å². The lowest BCUT2D eigenvalue weighted by Crippen LogP contribution is -2.46. The first-order valence-electron chi connectivity index (χ1n) is 8.64. The third-order valence-corrected chi connectivity index (χ3v) is 6.28. The van der Waals surface area contributed by atoms with Gasteiger partial charge in [0.2, 0.25) is 0 Å². The number of hydrogen-bond acceptors (Lipinski definition) is 5. The average molecular weight is 354 g/mol. The van der Waals surface area contributed by atoms with Crippen molar-refractivity contribution in [3.63, 3.8) is 0 Å². The van der Waals surface area contributed by atoms with Crippen LogP contribution in [0.25, 0.3) is 0 Å². The largest absolute Gasteiger partial charge is 0.497 e. The summed E-state index contributed by atoms with van der Waals surface area (Å²) in [6.07, 6.45) is 2.10. The number of amidine groups is 1. The molecule has 0 saturated carbocycles. The molecule has 0 aromatic heterocycles. The molecule has 2 unspecified atom stereocenters. The first-order valence-corrected chi connectivity index (χ1v) is 9.52. The predicted molar refractivity (Wildman–Crippen MR) is 102 cm³/mol. The van der Waals surface area contributed by atoms with E-state index in [0.29, 0.717) is 0 Å². The molecule has 0 spiro atoms. The summed E-state index contributed by atoms with van der Waals surface area (Å²) in [6, 6.07) is 18.0. The molecule has 0 aliphatic carbocycles. The zero-order chi connectivity index (χ0) is 17.3. The first-order chi connectivity index (χ1) is 12.2. The van der Waals surface area contributed by atoms with Gasteiger partial charge in [-0.1, -0.05) is 54.2 Å². The van der Waals surface area contributed by atoms with Gasteiger partial charge in [-0.3, -0.25) is 4.99 Å². The minimum absolute atomic E-state index is 0.112. The SMILES string of the molecule is COc1ccc(C2(O)C(c3ccccc3)SC3=NCCCCN32)cc1. The highest BCUT2D eigenvalue weighted by Crippen LogP contribution is 2.54. The maximum atomic E-state index is 11.9. The van der Waals surface area contributed by atoms with E-state index in [9.17, 15) is 5.11 Å². The van der Waals surface area contributed by atoms with Crippen molar-refractivity contribution in [2.75, 3.05) is 20.2 Å². The normalized spacial score (nSPS) is 25.9. The molecule has 130 valence electrons. The molecular formula is C20H22N2O2S. The Morgan fingerprint density at radius 2 is 1.88 bits per heavy atom. The number of aliphatic imine (C=N–C) groups is 1. The summed E-state index contributed by atoms with van der Waals surface area (Å²) >= 11 is 1.67. The zero-order valence-corrected chi connectivity index (χ0v) is 15.1. The predicted octanol–water partition coefficient (Wildman–Crippen LogP) is 3.78. The van der Waals surface area contributed by atoms with Crippen molar-refractivity contribution in [3.05, 3.63) is 65.7 Å². The van der Waals surface area contributed by atoms with E-state index in [0.717, 1.165) is 48.0 Å². The number of thioether (sulfide) groups is 1. The molecule has 4 nitrogen and oxygen atoms in total. The fourth-order valence-electron chi connectivity index (χ4n) is 3.56. The number of nitrogens with zero attached hydrogens (tertiary/aromatic N) is 2. The molecule has 1 N–H and O–H groups in total. The summed E-state index contributed by atoms with van der Waals surface area (Å²) in [4.78, 5) is 6.82. The van der Waals surface area contributed by atoms with Crippen molar-refractivity contribution >= 4 is 16.9 Å². The lowest BCUT2D eigenvalue weighted by molar-refractivity contribution is -0.0712. The maximum Gasteiger partial charge on any atom is 0.182 e. The summed E-state index contributed by atoms with van der Waals surface area (Å²) in [5, 5.41) is 12.8. The van der Waals surface area contributed by atoms with Gasteiger partial charge in [-0.2, -0.15) is 0 Å². The fourth-order valence-corrected chi connectivity index (χ4v) is 5.01. The summed E-state index contributed by atoms with van der Waals surface area (Å²) in [6.45, 7) is 1.65. The molecule has 2 atom stereocenters. The minimum Gasteiger partial charge on any atom is -0.497 e. The van der Waals surface area contributed by atoms with Gasteiger partial charge in [-0.25, -0.2) is 0 Å². The van der Waals surface area contributed by atoms with E-state index in [1.807, 2.05) is 42.5 Å². The molecule has 2 aromatic carbocycles. The molecule has 1 fully saturated rings. The van der Waals surface area contributed by atoms with Gasteiger partial charge >= 0.3 is 0 Å². The molecule has 0 radical (unpaired) electrons. The van der Waals surface area contributed by atoms with E-state index >= 15 is 0 Å². The minimum atomic E-state index is -1.11. The second kappa shape index (κ2) is 6.73. The van der Waals surface area contributed by atoms with Crippen molar-refractivity contribution in [1.29, 1.82) is 0 Å². The Kier molecular flexibility index (Phi) is 4.44. The molecule has 2 aromatic rings. The Balaban J connectivity index is 1.83. The number of aliphatic hydroxyl groups is 1. The highest BCUT2D eigenvalue weighted by Gasteiger charge is 2.53. The zero-order valence-electron chi connectivity index (χ0n) is 14.3. The van der Waals surface area contributed by atoms with Gasteiger partial charge in [-0.15, -0.1) is 0 Å². The van der Waals surface area contributed by atoms with Crippen LogP contribution >= 0.6 is 11.8 Å². The van der Waals surface area contributed by atoms with Crippen LogP contribution in [0.4, 0.5) is 0 Å². The van der Waals surface area contributed by atoms with Crippen molar-refractivity contribution in [2.24, 2.45) is 4.99 Å². The number of benzene rings is 2. The van der Waals surface area contributed by atoms with Crippen LogP contribution in [0.3, 0.4) is 0 Å². The van der Waals surface area contributed by atoms with Crippen molar-refractivity contribution in [2.45, 2.75) is 23.8 Å². The highest BCUT2D eigenvalue weighted by atomic mass is 32.2. The van der Waals surface area contributed by atoms with Crippen LogP contribution in [0, 0.1) is 0 Å². The summed E-state index contributed by atoms with van der Waals surface area (Å²) in [7, 11) is 1.65. The van der Waals surface area contributed by atoms with Crippen molar-refractivity contribution in [1.82, 2.24) is 4.90 Å². The van der Waals surface area contributed by atoms with Crippen LogP contribution in [0.2, 0.25) is 0 Å². The topological polar surface area (TPSA) is 45.1 Å². The van der Waals surface area contributed by atoms with Gasteiger partial charge < -0.3 is 14.7 Å². The molecule has 0 amide bonds. The van der Waals surface area contributed by atoms with Gasteiger partial charge in [-0.05, 0) is 30.5 Å². The highest BCUT2D eigenvalue weighted by molar-refractivity contribution is 8.14. The third kappa shape index (κ3) is 2.81. The summed E-state index contributed by atoms with van der Waals surface area (Å²) in [5.74, 6) is 0.791. The van der Waals surface area contributed by atoms with Crippen LogP contribution in [0.5, 0.6) is 5.75 Å². The van der Waals surface area contributed by atoms with Gasteiger partial charge in [0.15, 0.2) is 10.9 Å². The lowest BCUT2D eigenvalue weighted by atomic mass is 9.92. The Hall–Kier alpha value is -1.98. The third-order valence-electron chi connectivity index (χ3n) is 4.89. The molecule has 5 heteroatoms. The molecule has 2 heterocycles. The van der Waals surface area contributed by atoms with E-state index < -0.39 is 5.72 Å². The Labute approximate surface area is 152 Å². The summed E-state index contributed by atoms with van der Waals surface area (Å²) < 4.78 is 5.28. The standard InChI is InChI=1S/C20H22N2O2S/c1-24-17-11-9-16(10-12-17)20(23)18(15-7-3-2-4-8-15)25-19-21-13-5-6-14-22(19)20/h2-4,7-12,18,23H,5-6,13-14H2,1H3. The maximum absolute atomic E-state index is 11.9. The van der Waals surface area contributed by atoms with Crippen LogP contribution in [-0.4, -0.2) is 35.4 Å². The van der Waals surface area contributed by atoms with Gasteiger partial charge in [0.25, 0.3) is 0 Å². The second-order valence-corrected chi connectivity index (χ2v) is 7.46. The molecular weight excluding hydrogens is 332 g/mol.